The van der Waals surface area contributed by atoms with E-state index in [1.54, 1.807) is 6.07 Å². The van der Waals surface area contributed by atoms with Crippen LogP contribution >= 0.6 is 0 Å². The number of hydrogen-bond acceptors (Lipinski definition) is 4. The first kappa shape index (κ1) is 12.7. The Morgan fingerprint density at radius 2 is 2.38 bits per heavy atom. The van der Waals surface area contributed by atoms with Gasteiger partial charge in [0.15, 0.2) is 0 Å². The Hall–Kier alpha value is -1.33. The molecule has 0 radical (unpaired) electrons. The van der Waals surface area contributed by atoms with Crippen LogP contribution in [0.5, 0.6) is 0 Å². The summed E-state index contributed by atoms with van der Waals surface area (Å²) in [5, 5.41) is 12.0. The molecule has 0 spiro atoms. The molecule has 0 amide bonds. The Morgan fingerprint density at radius 1 is 1.62 bits per heavy atom. The minimum Gasteiger partial charge on any atom is -0.464 e. The molecule has 0 fully saturated rings. The molecule has 90 valence electrons. The van der Waals surface area contributed by atoms with Gasteiger partial charge in [-0.15, -0.1) is 0 Å². The average Bonchev–Trinajstić information content (AvgIpc) is 2.74. The summed E-state index contributed by atoms with van der Waals surface area (Å²) in [4.78, 5) is 14.1. The van der Waals surface area contributed by atoms with Crippen LogP contribution in [0.15, 0.2) is 12.1 Å². The van der Waals surface area contributed by atoms with Gasteiger partial charge in [0.25, 0.3) is 0 Å². The first-order chi connectivity index (χ1) is 7.67. The maximum atomic E-state index is 11.2. The minimum absolute atomic E-state index is 0.173. The van der Waals surface area contributed by atoms with Crippen LogP contribution in [0.2, 0.25) is 0 Å². The number of nitrogens with one attached hydrogen (secondary N) is 2. The van der Waals surface area contributed by atoms with Gasteiger partial charge in [-0.3, -0.25) is 0 Å². The van der Waals surface area contributed by atoms with Gasteiger partial charge in [0.2, 0.25) is 0 Å². The van der Waals surface area contributed by atoms with Crippen molar-refractivity contribution in [1.29, 1.82) is 0 Å². The fourth-order valence-electron chi connectivity index (χ4n) is 1.35. The Balaban J connectivity index is 2.43. The Bertz CT molecular complexity index is 336. The van der Waals surface area contributed by atoms with E-state index in [0.717, 1.165) is 5.69 Å². The molecule has 0 aliphatic heterocycles. The van der Waals surface area contributed by atoms with Gasteiger partial charge in [0.1, 0.15) is 5.69 Å². The molecule has 0 aliphatic carbocycles. The second-order valence-electron chi connectivity index (χ2n) is 3.68. The molecule has 0 aromatic carbocycles. The van der Waals surface area contributed by atoms with Gasteiger partial charge in [-0.2, -0.15) is 0 Å². The van der Waals surface area contributed by atoms with Crippen LogP contribution in [0.1, 0.15) is 29.5 Å². The van der Waals surface area contributed by atoms with E-state index in [1.807, 2.05) is 13.0 Å². The van der Waals surface area contributed by atoms with Gasteiger partial charge in [0, 0.05) is 24.9 Å². The molecule has 0 bridgehead atoms. The van der Waals surface area contributed by atoms with Crippen LogP contribution in [0.3, 0.4) is 0 Å². The number of esters is 1. The first-order valence-corrected chi connectivity index (χ1v) is 5.27. The molecule has 1 aromatic rings. The SMILES string of the molecule is COC(=O)c1ccc(CNC(C)CCO)[nH]1. The lowest BCUT2D eigenvalue weighted by Gasteiger charge is -2.10. The number of carbonyl (C=O) groups is 1. The minimum atomic E-state index is -0.366. The number of hydrogen-bond donors (Lipinski definition) is 3. The first-order valence-electron chi connectivity index (χ1n) is 5.27. The Labute approximate surface area is 94.8 Å². The van der Waals surface area contributed by atoms with E-state index in [9.17, 15) is 4.79 Å². The van der Waals surface area contributed by atoms with Crippen molar-refractivity contribution in [3.63, 3.8) is 0 Å². The van der Waals surface area contributed by atoms with Gasteiger partial charge < -0.3 is 20.1 Å². The van der Waals surface area contributed by atoms with Gasteiger partial charge in [-0.25, -0.2) is 4.79 Å². The van der Waals surface area contributed by atoms with E-state index in [2.05, 4.69) is 15.0 Å². The second kappa shape index (κ2) is 6.30. The van der Waals surface area contributed by atoms with Crippen molar-refractivity contribution in [2.75, 3.05) is 13.7 Å². The molecule has 1 heterocycles. The number of rotatable bonds is 6. The third kappa shape index (κ3) is 3.67. The summed E-state index contributed by atoms with van der Waals surface area (Å²) in [6, 6.07) is 3.78. The van der Waals surface area contributed by atoms with Gasteiger partial charge in [-0.05, 0) is 25.5 Å². The number of aromatic nitrogens is 1. The van der Waals surface area contributed by atoms with Crippen molar-refractivity contribution in [3.05, 3.63) is 23.5 Å². The molecular weight excluding hydrogens is 208 g/mol. The number of aliphatic hydroxyl groups is 1. The number of carbonyl (C=O) groups excluding carboxylic acids is 1. The van der Waals surface area contributed by atoms with E-state index in [4.69, 9.17) is 5.11 Å². The molecule has 1 unspecified atom stereocenters. The molecule has 1 atom stereocenters. The second-order valence-corrected chi connectivity index (χ2v) is 3.68. The third-order valence-electron chi connectivity index (χ3n) is 2.35. The fourth-order valence-corrected chi connectivity index (χ4v) is 1.35. The van der Waals surface area contributed by atoms with Crippen molar-refractivity contribution in [3.8, 4) is 0 Å². The lowest BCUT2D eigenvalue weighted by molar-refractivity contribution is 0.0594. The average molecular weight is 226 g/mol. The highest BCUT2D eigenvalue weighted by molar-refractivity contribution is 5.87. The van der Waals surface area contributed by atoms with Crippen LogP contribution in [0.4, 0.5) is 0 Å². The quantitative estimate of drug-likeness (QED) is 0.623. The van der Waals surface area contributed by atoms with Crippen molar-refractivity contribution in [2.24, 2.45) is 0 Å². The topological polar surface area (TPSA) is 74.3 Å². The van der Waals surface area contributed by atoms with Crippen molar-refractivity contribution in [2.45, 2.75) is 25.9 Å². The molecule has 1 aromatic heterocycles. The highest BCUT2D eigenvalue weighted by Crippen LogP contribution is 2.03. The lowest BCUT2D eigenvalue weighted by Crippen LogP contribution is -2.26. The zero-order valence-electron chi connectivity index (χ0n) is 9.62. The van der Waals surface area contributed by atoms with Crippen molar-refractivity contribution < 1.29 is 14.6 Å². The van der Waals surface area contributed by atoms with Gasteiger partial charge >= 0.3 is 5.97 Å². The lowest BCUT2D eigenvalue weighted by atomic mass is 10.2. The van der Waals surface area contributed by atoms with E-state index in [1.165, 1.54) is 7.11 Å². The number of H-pyrrole nitrogens is 1. The van der Waals surface area contributed by atoms with Crippen molar-refractivity contribution in [1.82, 2.24) is 10.3 Å². The van der Waals surface area contributed by atoms with Crippen LogP contribution in [-0.4, -0.2) is 35.8 Å². The van der Waals surface area contributed by atoms with E-state index < -0.39 is 0 Å². The normalized spacial score (nSPS) is 12.4. The number of methoxy groups -OCH3 is 1. The summed E-state index contributed by atoms with van der Waals surface area (Å²) < 4.78 is 4.59. The molecule has 5 heteroatoms. The summed E-state index contributed by atoms with van der Waals surface area (Å²) in [7, 11) is 1.35. The standard InChI is InChI=1S/C11H18N2O3/c1-8(5-6-14)12-7-9-3-4-10(13-9)11(15)16-2/h3-4,8,12-14H,5-7H2,1-2H3. The van der Waals surface area contributed by atoms with Crippen LogP contribution in [-0.2, 0) is 11.3 Å². The highest BCUT2D eigenvalue weighted by Gasteiger charge is 2.08. The number of aliphatic hydroxyl groups excluding tert-OH is 1. The van der Waals surface area contributed by atoms with Crippen molar-refractivity contribution >= 4 is 5.97 Å². The van der Waals surface area contributed by atoms with E-state index in [0.29, 0.717) is 18.7 Å². The number of ether oxygens (including phenoxy) is 1. The molecule has 0 saturated carbocycles. The van der Waals surface area contributed by atoms with E-state index in [-0.39, 0.29) is 18.6 Å². The van der Waals surface area contributed by atoms with Crippen LogP contribution in [0.25, 0.3) is 0 Å². The molecule has 5 nitrogen and oxygen atoms in total. The zero-order chi connectivity index (χ0) is 12.0. The number of aromatic amines is 1. The molecule has 0 aliphatic rings. The van der Waals surface area contributed by atoms with Gasteiger partial charge in [0.05, 0.1) is 7.11 Å². The molecule has 16 heavy (non-hydrogen) atoms. The summed E-state index contributed by atoms with van der Waals surface area (Å²) in [6.45, 7) is 2.81. The fraction of sp³-hybridized carbons (Fsp3) is 0.545. The predicted molar refractivity (Wildman–Crippen MR) is 60.1 cm³/mol. The summed E-state index contributed by atoms with van der Waals surface area (Å²) in [5.74, 6) is -0.366. The van der Waals surface area contributed by atoms with E-state index >= 15 is 0 Å². The Morgan fingerprint density at radius 3 is 3.00 bits per heavy atom. The smallest absolute Gasteiger partial charge is 0.354 e. The summed E-state index contributed by atoms with van der Waals surface area (Å²) >= 11 is 0. The predicted octanol–water partition coefficient (Wildman–Crippen LogP) is 0.662. The van der Waals surface area contributed by atoms with Gasteiger partial charge in [-0.1, -0.05) is 0 Å². The zero-order valence-corrected chi connectivity index (χ0v) is 9.62. The summed E-state index contributed by atoms with van der Waals surface area (Å²) in [6.07, 6.45) is 0.713. The Kier molecular flexibility index (Phi) is 5.01. The van der Waals surface area contributed by atoms with Crippen LogP contribution < -0.4 is 5.32 Å². The summed E-state index contributed by atoms with van der Waals surface area (Å²) in [5.41, 5.74) is 1.37. The molecular formula is C11H18N2O3. The monoisotopic (exact) mass is 226 g/mol. The molecule has 1 rings (SSSR count). The maximum absolute atomic E-state index is 11.2. The molecule has 3 N–H and O–H groups in total. The third-order valence-corrected chi connectivity index (χ3v) is 2.35. The molecule has 0 saturated heterocycles. The van der Waals surface area contributed by atoms with Crippen LogP contribution in [0, 0.1) is 0 Å². The highest BCUT2D eigenvalue weighted by atomic mass is 16.5. The largest absolute Gasteiger partial charge is 0.464 e. The maximum Gasteiger partial charge on any atom is 0.354 e.